The second kappa shape index (κ2) is 25.2. The van der Waals surface area contributed by atoms with Crippen molar-refractivity contribution >= 4 is 23.7 Å². The molecule has 31 heavy (non-hydrogen) atoms. The number of hydrogen-bond acceptors (Lipinski definition) is 3. The van der Waals surface area contributed by atoms with E-state index in [-0.39, 0.29) is 0 Å². The first-order valence-electron chi connectivity index (χ1n) is 13.4. The maximum atomic E-state index is 13.1. The zero-order valence-corrected chi connectivity index (χ0v) is 23.3. The van der Waals surface area contributed by atoms with Gasteiger partial charge in [0.2, 0.25) is 0 Å². The first kappa shape index (κ1) is 31.6. The van der Waals surface area contributed by atoms with E-state index in [1.54, 1.807) is 0 Å². The molecule has 0 radical (unpaired) electrons. The van der Waals surface area contributed by atoms with Crippen LogP contribution in [0.2, 0.25) is 0 Å². The Morgan fingerprint density at radius 1 is 0.581 bits per heavy atom. The summed E-state index contributed by atoms with van der Waals surface area (Å²) in [5.41, 5.74) is 0. The molecular formula is C25H53BrNO3P. The maximum Gasteiger partial charge on any atom is 0.405 e. The number of unbranched alkanes of at least 4 members (excludes halogenated alkanes) is 16. The monoisotopic (exact) mass is 525 g/mol. The van der Waals surface area contributed by atoms with Crippen molar-refractivity contribution in [1.29, 1.82) is 0 Å². The molecule has 1 atom stereocenters. The molecule has 0 aliphatic carbocycles. The van der Waals surface area contributed by atoms with Crippen LogP contribution < -0.4 is 5.09 Å². The van der Waals surface area contributed by atoms with Crippen LogP contribution in [0.15, 0.2) is 0 Å². The van der Waals surface area contributed by atoms with E-state index in [1.165, 1.54) is 89.9 Å². The fourth-order valence-electron chi connectivity index (χ4n) is 3.58. The highest BCUT2D eigenvalue weighted by atomic mass is 79.9. The predicted molar refractivity (Wildman–Crippen MR) is 140 cm³/mol. The average molecular weight is 527 g/mol. The molecule has 4 nitrogen and oxygen atoms in total. The lowest BCUT2D eigenvalue weighted by Crippen LogP contribution is -2.17. The lowest BCUT2D eigenvalue weighted by atomic mass is 10.1. The van der Waals surface area contributed by atoms with Crippen molar-refractivity contribution in [3.8, 4) is 0 Å². The molecule has 0 aromatic rings. The first-order valence-corrected chi connectivity index (χ1v) is 16.0. The summed E-state index contributed by atoms with van der Waals surface area (Å²) in [4.78, 5) is 0. The normalized spacial score (nSPS) is 13.5. The fraction of sp³-hybridized carbons (Fsp3) is 1.00. The third-order valence-corrected chi connectivity index (χ3v) is 7.85. The highest BCUT2D eigenvalue weighted by Gasteiger charge is 2.23. The van der Waals surface area contributed by atoms with Crippen LogP contribution in [0, 0.1) is 0 Å². The van der Waals surface area contributed by atoms with Gasteiger partial charge in [-0.1, -0.05) is 126 Å². The van der Waals surface area contributed by atoms with Gasteiger partial charge in [-0.2, -0.15) is 0 Å². The molecule has 0 saturated carbocycles. The molecule has 0 spiro atoms. The Labute approximate surface area is 203 Å². The summed E-state index contributed by atoms with van der Waals surface area (Å²) in [6.07, 6.45) is 23.1. The minimum atomic E-state index is -3.17. The third kappa shape index (κ3) is 23.5. The maximum absolute atomic E-state index is 13.1. The van der Waals surface area contributed by atoms with Gasteiger partial charge in [0, 0.05) is 11.9 Å². The average Bonchev–Trinajstić information content (AvgIpc) is 2.77. The molecule has 0 heterocycles. The third-order valence-electron chi connectivity index (χ3n) is 5.63. The van der Waals surface area contributed by atoms with Crippen molar-refractivity contribution in [3.05, 3.63) is 0 Å². The molecule has 0 fully saturated rings. The summed E-state index contributed by atoms with van der Waals surface area (Å²) >= 11 is 3.47. The van der Waals surface area contributed by atoms with Crippen LogP contribution in [0.3, 0.4) is 0 Å². The summed E-state index contributed by atoms with van der Waals surface area (Å²) in [6.45, 7) is 6.26. The van der Waals surface area contributed by atoms with Crippen LogP contribution in [-0.2, 0) is 13.6 Å². The number of halogens is 1. The van der Waals surface area contributed by atoms with Crippen molar-refractivity contribution in [2.24, 2.45) is 0 Å². The molecular weight excluding hydrogens is 473 g/mol. The van der Waals surface area contributed by atoms with Gasteiger partial charge in [0.25, 0.3) is 0 Å². The first-order chi connectivity index (χ1) is 15.2. The fourth-order valence-corrected chi connectivity index (χ4v) is 5.41. The van der Waals surface area contributed by atoms with Gasteiger partial charge in [0.15, 0.2) is 0 Å². The summed E-state index contributed by atoms with van der Waals surface area (Å²) in [5, 5.41) is 4.21. The van der Waals surface area contributed by atoms with E-state index < -0.39 is 7.75 Å². The van der Waals surface area contributed by atoms with Crippen molar-refractivity contribution < 1.29 is 13.6 Å². The van der Waals surface area contributed by atoms with Gasteiger partial charge >= 0.3 is 7.75 Å². The molecule has 0 bridgehead atoms. The Hall–Kier alpha value is 0.590. The lowest BCUT2D eigenvalue weighted by Gasteiger charge is -2.19. The summed E-state index contributed by atoms with van der Waals surface area (Å²) in [5.74, 6) is 0. The molecule has 0 aromatic heterocycles. The number of nitrogens with one attached hydrogen (secondary N) is 1. The van der Waals surface area contributed by atoms with Gasteiger partial charge in [-0.3, -0.25) is 9.05 Å². The molecule has 6 heteroatoms. The zero-order chi connectivity index (χ0) is 22.9. The number of alkyl halides is 1. The Balaban J connectivity index is 4.05. The van der Waals surface area contributed by atoms with Gasteiger partial charge in [-0.15, -0.1) is 0 Å². The largest absolute Gasteiger partial charge is 0.405 e. The Morgan fingerprint density at radius 3 is 1.42 bits per heavy atom. The van der Waals surface area contributed by atoms with Gasteiger partial charge < -0.3 is 0 Å². The predicted octanol–water partition coefficient (Wildman–Crippen LogP) is 9.56. The standard InChI is InChI=1S/C25H53BrNO3P/c1-3-5-7-9-11-15-19-23-27-31(28,30-25-21-17-13-14-18-22-26)29-24-20-16-12-10-8-6-4-2/h3-25H2,1-2H3,(H,27,28). The summed E-state index contributed by atoms with van der Waals surface area (Å²) in [6, 6.07) is 0. The molecule has 0 aliphatic rings. The minimum absolute atomic E-state index is 0.520. The summed E-state index contributed by atoms with van der Waals surface area (Å²) in [7, 11) is -3.17. The van der Waals surface area contributed by atoms with E-state index in [1.807, 2.05) is 0 Å². The molecule has 188 valence electrons. The smallest absolute Gasteiger partial charge is 0.297 e. The number of hydrogen-bond donors (Lipinski definition) is 1. The quantitative estimate of drug-likeness (QED) is 0.0693. The summed E-state index contributed by atoms with van der Waals surface area (Å²) < 4.78 is 24.7. The van der Waals surface area contributed by atoms with Crippen LogP contribution in [0.1, 0.15) is 136 Å². The van der Waals surface area contributed by atoms with E-state index in [2.05, 4.69) is 34.9 Å². The van der Waals surface area contributed by atoms with Crippen LogP contribution >= 0.6 is 23.7 Å². The SMILES string of the molecule is CCCCCCCCCNP(=O)(OCCCCCCCBr)OCCCCCCCCC. The Morgan fingerprint density at radius 2 is 0.968 bits per heavy atom. The van der Waals surface area contributed by atoms with Crippen molar-refractivity contribution in [1.82, 2.24) is 5.09 Å². The van der Waals surface area contributed by atoms with Gasteiger partial charge in [0.1, 0.15) is 0 Å². The highest BCUT2D eigenvalue weighted by molar-refractivity contribution is 9.09. The molecule has 0 amide bonds. The molecule has 0 aliphatic heterocycles. The molecule has 0 rings (SSSR count). The topological polar surface area (TPSA) is 47.6 Å². The van der Waals surface area contributed by atoms with Crippen molar-refractivity contribution in [3.63, 3.8) is 0 Å². The molecule has 1 N–H and O–H groups in total. The van der Waals surface area contributed by atoms with Gasteiger partial charge in [-0.05, 0) is 25.7 Å². The molecule has 0 aromatic carbocycles. The Bertz CT molecular complexity index is 375. The van der Waals surface area contributed by atoms with Crippen LogP contribution in [0.25, 0.3) is 0 Å². The van der Waals surface area contributed by atoms with Gasteiger partial charge in [0.05, 0.1) is 13.2 Å². The van der Waals surface area contributed by atoms with Crippen molar-refractivity contribution in [2.75, 3.05) is 25.1 Å². The van der Waals surface area contributed by atoms with E-state index in [0.717, 1.165) is 37.4 Å². The van der Waals surface area contributed by atoms with Crippen LogP contribution in [0.5, 0.6) is 0 Å². The van der Waals surface area contributed by atoms with E-state index in [4.69, 9.17) is 9.05 Å². The van der Waals surface area contributed by atoms with E-state index >= 15 is 0 Å². The second-order valence-corrected chi connectivity index (χ2v) is 11.4. The van der Waals surface area contributed by atoms with Crippen molar-refractivity contribution in [2.45, 2.75) is 136 Å². The molecule has 1 unspecified atom stereocenters. The van der Waals surface area contributed by atoms with E-state index in [0.29, 0.717) is 19.8 Å². The number of rotatable bonds is 26. The minimum Gasteiger partial charge on any atom is -0.297 e. The van der Waals surface area contributed by atoms with Crippen LogP contribution in [0.4, 0.5) is 0 Å². The Kier molecular flexibility index (Phi) is 25.7. The van der Waals surface area contributed by atoms with E-state index in [9.17, 15) is 4.57 Å². The molecule has 0 saturated heterocycles. The lowest BCUT2D eigenvalue weighted by molar-refractivity contribution is 0.189. The second-order valence-electron chi connectivity index (χ2n) is 8.77. The van der Waals surface area contributed by atoms with Gasteiger partial charge in [-0.25, -0.2) is 9.65 Å². The zero-order valence-electron chi connectivity index (χ0n) is 20.8. The van der Waals surface area contributed by atoms with Crippen LogP contribution in [-0.4, -0.2) is 25.1 Å². The highest BCUT2D eigenvalue weighted by Crippen LogP contribution is 2.44.